The van der Waals surface area contributed by atoms with Gasteiger partial charge in [0.1, 0.15) is 10.6 Å². The lowest BCUT2D eigenvalue weighted by Gasteiger charge is -2.11. The second-order valence-corrected chi connectivity index (χ2v) is 6.78. The molecule has 3 nitrogen and oxygen atoms in total. The number of ether oxygens (including phenoxy) is 1. The smallest absolute Gasteiger partial charge is 0.342 e. The Hall–Kier alpha value is -1.81. The quantitative estimate of drug-likeness (QED) is 0.850. The molecule has 1 aromatic heterocycles. The van der Waals surface area contributed by atoms with Crippen molar-refractivity contribution in [3.8, 4) is 11.1 Å². The van der Waals surface area contributed by atoms with E-state index in [0.717, 1.165) is 16.0 Å². The van der Waals surface area contributed by atoms with Gasteiger partial charge in [-0.25, -0.2) is 4.79 Å². The molecule has 1 heterocycles. The third kappa shape index (κ3) is 3.10. The molecule has 0 saturated heterocycles. The van der Waals surface area contributed by atoms with Crippen LogP contribution in [0.4, 0.5) is 5.00 Å². The zero-order chi connectivity index (χ0) is 15.7. The molecule has 0 unspecified atom stereocenters. The van der Waals surface area contributed by atoms with Gasteiger partial charge in [0.05, 0.1) is 6.10 Å². The monoisotopic (exact) mass is 303 g/mol. The Kier molecular flexibility index (Phi) is 4.37. The third-order valence-corrected chi connectivity index (χ3v) is 4.39. The Balaban J connectivity index is 2.57. The van der Waals surface area contributed by atoms with E-state index in [1.807, 2.05) is 26.8 Å². The fourth-order valence-electron chi connectivity index (χ4n) is 2.29. The molecule has 0 atom stereocenters. The minimum absolute atomic E-state index is 0.162. The number of esters is 1. The number of nitrogen functional groups attached to an aromatic ring is 1. The fraction of sp³-hybridized carbons (Fsp3) is 0.353. The van der Waals surface area contributed by atoms with Crippen molar-refractivity contribution in [1.82, 2.24) is 0 Å². The second-order valence-electron chi connectivity index (χ2n) is 5.53. The minimum atomic E-state index is -0.347. The summed E-state index contributed by atoms with van der Waals surface area (Å²) in [5.74, 6) is -0.347. The number of carbonyl (C=O) groups excluding carboxylic acids is 1. The van der Waals surface area contributed by atoms with E-state index in [9.17, 15) is 4.79 Å². The highest BCUT2D eigenvalue weighted by molar-refractivity contribution is 7.16. The van der Waals surface area contributed by atoms with Gasteiger partial charge in [0.25, 0.3) is 0 Å². The van der Waals surface area contributed by atoms with Crippen molar-refractivity contribution in [3.05, 3.63) is 39.8 Å². The summed E-state index contributed by atoms with van der Waals surface area (Å²) < 4.78 is 5.33. The fourth-order valence-corrected chi connectivity index (χ4v) is 3.23. The average molecular weight is 303 g/mol. The number of anilines is 1. The molecular weight excluding hydrogens is 282 g/mol. The number of rotatable bonds is 3. The van der Waals surface area contributed by atoms with Crippen LogP contribution in [-0.4, -0.2) is 12.1 Å². The maximum Gasteiger partial charge on any atom is 0.342 e. The molecule has 0 amide bonds. The minimum Gasteiger partial charge on any atom is -0.459 e. The van der Waals surface area contributed by atoms with Crippen molar-refractivity contribution >= 4 is 22.3 Å². The van der Waals surface area contributed by atoms with Gasteiger partial charge in [-0.05, 0) is 51.3 Å². The lowest BCUT2D eigenvalue weighted by Crippen LogP contribution is -2.13. The van der Waals surface area contributed by atoms with Crippen LogP contribution in [0.1, 0.15) is 40.2 Å². The van der Waals surface area contributed by atoms with Crippen LogP contribution in [0.25, 0.3) is 11.1 Å². The Morgan fingerprint density at radius 2 is 1.86 bits per heavy atom. The molecule has 0 spiro atoms. The van der Waals surface area contributed by atoms with E-state index >= 15 is 0 Å². The molecule has 2 aromatic rings. The van der Waals surface area contributed by atoms with Crippen LogP contribution >= 0.6 is 11.3 Å². The predicted octanol–water partition coefficient (Wildman–Crippen LogP) is 4.49. The Labute approximate surface area is 129 Å². The summed E-state index contributed by atoms with van der Waals surface area (Å²) in [7, 11) is 0. The molecule has 112 valence electrons. The van der Waals surface area contributed by atoms with Crippen LogP contribution in [0.15, 0.2) is 18.2 Å². The first kappa shape index (κ1) is 15.6. The Morgan fingerprint density at radius 3 is 2.43 bits per heavy atom. The van der Waals surface area contributed by atoms with E-state index in [1.165, 1.54) is 22.5 Å². The highest BCUT2D eigenvalue weighted by Gasteiger charge is 2.23. The molecule has 2 rings (SSSR count). The summed E-state index contributed by atoms with van der Waals surface area (Å²) in [5, 5.41) is 0.520. The van der Waals surface area contributed by atoms with Crippen molar-refractivity contribution in [1.29, 1.82) is 0 Å². The maximum atomic E-state index is 12.3. The first-order chi connectivity index (χ1) is 9.81. The maximum absolute atomic E-state index is 12.3. The summed E-state index contributed by atoms with van der Waals surface area (Å²) >= 11 is 1.43. The topological polar surface area (TPSA) is 52.3 Å². The van der Waals surface area contributed by atoms with Gasteiger partial charge >= 0.3 is 5.97 Å². The van der Waals surface area contributed by atoms with E-state index in [-0.39, 0.29) is 12.1 Å². The summed E-state index contributed by atoms with van der Waals surface area (Å²) in [4.78, 5) is 13.4. The normalized spacial score (nSPS) is 11.0. The number of thiophene rings is 1. The van der Waals surface area contributed by atoms with Crippen LogP contribution in [0.3, 0.4) is 0 Å². The highest BCUT2D eigenvalue weighted by atomic mass is 32.1. The van der Waals surface area contributed by atoms with Crippen LogP contribution in [-0.2, 0) is 4.74 Å². The van der Waals surface area contributed by atoms with Gasteiger partial charge in [-0.2, -0.15) is 0 Å². The molecule has 0 saturated carbocycles. The standard InChI is InChI=1S/C17H21NO2S/c1-9(2)20-17(19)15-14(12(5)21-16(15)18)13-7-6-10(3)11(4)8-13/h6-9H,18H2,1-5H3. The molecule has 21 heavy (non-hydrogen) atoms. The summed E-state index contributed by atoms with van der Waals surface area (Å²) in [5.41, 5.74) is 10.9. The molecule has 0 fully saturated rings. The van der Waals surface area contributed by atoms with Crippen LogP contribution < -0.4 is 5.73 Å². The Bertz CT molecular complexity index is 686. The predicted molar refractivity (Wildman–Crippen MR) is 88.9 cm³/mol. The number of hydrogen-bond donors (Lipinski definition) is 1. The largest absolute Gasteiger partial charge is 0.459 e. The van der Waals surface area contributed by atoms with Crippen molar-refractivity contribution in [2.24, 2.45) is 0 Å². The van der Waals surface area contributed by atoms with E-state index < -0.39 is 0 Å². The molecule has 0 aliphatic heterocycles. The SMILES string of the molecule is Cc1ccc(-c2c(C)sc(N)c2C(=O)OC(C)C)cc1C. The van der Waals surface area contributed by atoms with Gasteiger partial charge in [-0.1, -0.05) is 18.2 Å². The van der Waals surface area contributed by atoms with E-state index in [4.69, 9.17) is 10.5 Å². The van der Waals surface area contributed by atoms with Gasteiger partial charge in [-0.3, -0.25) is 0 Å². The number of aryl methyl sites for hydroxylation is 3. The summed E-state index contributed by atoms with van der Waals surface area (Å²) in [6.07, 6.45) is -0.162. The van der Waals surface area contributed by atoms with Crippen molar-refractivity contribution in [2.45, 2.75) is 40.7 Å². The number of carbonyl (C=O) groups is 1. The van der Waals surface area contributed by atoms with Gasteiger partial charge in [-0.15, -0.1) is 11.3 Å². The molecule has 1 aromatic carbocycles. The third-order valence-electron chi connectivity index (χ3n) is 3.45. The van der Waals surface area contributed by atoms with Crippen molar-refractivity contribution in [2.75, 3.05) is 5.73 Å². The second kappa shape index (κ2) is 5.90. The molecule has 0 bridgehead atoms. The van der Waals surface area contributed by atoms with Gasteiger partial charge in [0.2, 0.25) is 0 Å². The van der Waals surface area contributed by atoms with Crippen LogP contribution in [0.2, 0.25) is 0 Å². The zero-order valence-electron chi connectivity index (χ0n) is 13.1. The number of nitrogens with two attached hydrogens (primary N) is 1. The molecule has 0 aliphatic rings. The molecule has 4 heteroatoms. The van der Waals surface area contributed by atoms with E-state index in [2.05, 4.69) is 26.0 Å². The van der Waals surface area contributed by atoms with E-state index in [1.54, 1.807) is 0 Å². The van der Waals surface area contributed by atoms with Gasteiger partial charge < -0.3 is 10.5 Å². The Morgan fingerprint density at radius 1 is 1.19 bits per heavy atom. The zero-order valence-corrected chi connectivity index (χ0v) is 13.9. The number of hydrogen-bond acceptors (Lipinski definition) is 4. The molecule has 2 N–H and O–H groups in total. The molecular formula is C17H21NO2S. The van der Waals surface area contributed by atoms with Crippen LogP contribution in [0.5, 0.6) is 0 Å². The molecule has 0 aliphatic carbocycles. The lowest BCUT2D eigenvalue weighted by atomic mass is 9.97. The van der Waals surface area contributed by atoms with Crippen LogP contribution in [0, 0.1) is 20.8 Å². The van der Waals surface area contributed by atoms with Crippen molar-refractivity contribution < 1.29 is 9.53 Å². The summed E-state index contributed by atoms with van der Waals surface area (Å²) in [6, 6.07) is 6.19. The summed E-state index contributed by atoms with van der Waals surface area (Å²) in [6.45, 7) is 9.79. The lowest BCUT2D eigenvalue weighted by molar-refractivity contribution is 0.0380. The first-order valence-corrected chi connectivity index (χ1v) is 7.80. The van der Waals surface area contributed by atoms with E-state index in [0.29, 0.717) is 10.6 Å². The first-order valence-electron chi connectivity index (χ1n) is 6.98. The molecule has 0 radical (unpaired) electrons. The average Bonchev–Trinajstić information content (AvgIpc) is 2.67. The highest BCUT2D eigenvalue weighted by Crippen LogP contribution is 2.39. The van der Waals surface area contributed by atoms with Gasteiger partial charge in [0, 0.05) is 10.4 Å². The number of benzene rings is 1. The van der Waals surface area contributed by atoms with Crippen molar-refractivity contribution in [3.63, 3.8) is 0 Å². The van der Waals surface area contributed by atoms with Gasteiger partial charge in [0.15, 0.2) is 0 Å².